The van der Waals surface area contributed by atoms with E-state index in [1.165, 1.54) is 30.9 Å². The molecule has 0 saturated carbocycles. The Labute approximate surface area is 489 Å². The van der Waals surface area contributed by atoms with E-state index < -0.39 is 115 Å². The van der Waals surface area contributed by atoms with Crippen LogP contribution in [0.1, 0.15) is 39.5 Å². The van der Waals surface area contributed by atoms with E-state index in [0.29, 0.717) is 26.4 Å². The second-order valence-electron chi connectivity index (χ2n) is 18.6. The SMILES string of the molecule is C#CCOCCOCCOCCOCCC(=O)N(CCCC(=O)NCCO[C@@H]([C@@H]1OC(C(=O)OC)=C[C@H](N=C(N)N)C1NC(C)=O)[C@H]1COC(=O)O1)CCC(=O)NCCO[C@@H]([C@@H]1OC(C(=O)OC)=C[C@H](N=C(N)N)[C@H]1NC(C)=O)[C@H]1COC(=O)O1. The number of amides is 5. The number of nitrogens with two attached hydrogens (primary N) is 4. The number of aliphatic imine (C=N–C) groups is 2. The van der Waals surface area contributed by atoms with Crippen LogP contribution in [0.3, 0.4) is 0 Å². The van der Waals surface area contributed by atoms with Gasteiger partial charge in [0.2, 0.25) is 41.1 Å². The summed E-state index contributed by atoms with van der Waals surface area (Å²) in [5.41, 5.74) is 22.7. The summed E-state index contributed by atoms with van der Waals surface area (Å²) in [5, 5.41) is 10.8. The molecule has 2 saturated heterocycles. The summed E-state index contributed by atoms with van der Waals surface area (Å²) in [5.74, 6) is -3.34. The number of nitrogens with one attached hydrogen (secondary N) is 4. The molecule has 0 aromatic heterocycles. The lowest BCUT2D eigenvalue weighted by Gasteiger charge is -2.40. The van der Waals surface area contributed by atoms with Crippen LogP contribution in [0.2, 0.25) is 0 Å². The quantitative estimate of drug-likeness (QED) is 0.00720. The number of esters is 2. The van der Waals surface area contributed by atoms with Gasteiger partial charge in [0.1, 0.15) is 32.0 Å². The highest BCUT2D eigenvalue weighted by molar-refractivity contribution is 5.88. The highest BCUT2D eigenvalue weighted by Crippen LogP contribution is 2.31. The fourth-order valence-electron chi connectivity index (χ4n) is 8.70. The Morgan fingerprint density at radius 1 is 0.624 bits per heavy atom. The Morgan fingerprint density at radius 2 is 1.06 bits per heavy atom. The van der Waals surface area contributed by atoms with Crippen LogP contribution in [0.5, 0.6) is 0 Å². The van der Waals surface area contributed by atoms with Crippen molar-refractivity contribution in [2.45, 2.75) is 100 Å². The zero-order chi connectivity index (χ0) is 62.3. The first-order chi connectivity index (χ1) is 40.7. The van der Waals surface area contributed by atoms with Gasteiger partial charge in [-0.2, -0.15) is 0 Å². The van der Waals surface area contributed by atoms with Crippen LogP contribution >= 0.6 is 0 Å². The van der Waals surface area contributed by atoms with Gasteiger partial charge in [0, 0.05) is 52.9 Å². The molecule has 4 aliphatic rings. The molecule has 12 N–H and O–H groups in total. The highest BCUT2D eigenvalue weighted by atomic mass is 16.8. The molecule has 85 heavy (non-hydrogen) atoms. The minimum absolute atomic E-state index is 0.00519. The molecule has 5 amide bonds. The van der Waals surface area contributed by atoms with Crippen LogP contribution in [0.15, 0.2) is 33.7 Å². The number of cyclic esters (lactones) is 4. The maximum atomic E-state index is 13.6. The molecule has 0 spiro atoms. The Kier molecular flexibility index (Phi) is 30.3. The third kappa shape index (κ3) is 24.5. The Bertz CT molecular complexity index is 2430. The van der Waals surface area contributed by atoms with E-state index in [-0.39, 0.29) is 128 Å². The molecule has 34 nitrogen and oxygen atoms in total. The Balaban J connectivity index is 1.37. The van der Waals surface area contributed by atoms with Gasteiger partial charge in [0.05, 0.1) is 104 Å². The van der Waals surface area contributed by atoms with E-state index in [2.05, 4.69) is 37.2 Å². The fourth-order valence-corrected chi connectivity index (χ4v) is 8.70. The van der Waals surface area contributed by atoms with Gasteiger partial charge < -0.3 is 115 Å². The van der Waals surface area contributed by atoms with Gasteiger partial charge in [-0.15, -0.1) is 6.42 Å². The number of guanidine groups is 2. The van der Waals surface area contributed by atoms with Gasteiger partial charge in [0.15, 0.2) is 36.3 Å². The van der Waals surface area contributed by atoms with Crippen molar-refractivity contribution >= 4 is 65.7 Å². The maximum absolute atomic E-state index is 13.6. The van der Waals surface area contributed by atoms with Crippen molar-refractivity contribution in [3.63, 3.8) is 0 Å². The Morgan fingerprint density at radius 3 is 1.46 bits per heavy atom. The van der Waals surface area contributed by atoms with Gasteiger partial charge in [-0.1, -0.05) is 5.92 Å². The molecule has 4 heterocycles. The minimum Gasteiger partial charge on any atom is -0.478 e. The van der Waals surface area contributed by atoms with Crippen LogP contribution in [0, 0.1) is 12.3 Å². The van der Waals surface area contributed by atoms with Crippen molar-refractivity contribution in [1.29, 1.82) is 0 Å². The molecule has 10 atom stereocenters. The summed E-state index contributed by atoms with van der Waals surface area (Å²) in [6.07, 6.45) is -2.04. The second kappa shape index (κ2) is 37.2. The lowest BCUT2D eigenvalue weighted by atomic mass is 9.92. The number of carbonyl (C=O) groups is 9. The standard InChI is InChI=1S/C51H77N11O23/c1-6-15-74-19-21-76-23-24-77-22-20-75-16-10-39(67)62(14-9-38(66)57-12-18-79-43(36-28-81-51(71)85-36)45-41(59-30(3)64)32(61-49(54)55)26-34(83-45)47(69)73-5)13-7-8-37(65)56-11-17-78-42(35-27-80-50(70)84-35)44-40(58-29(2)63)31(60-48(52)53)25-33(82-44)46(68)72-4/h1,25-26,31-32,35-36,40-45H,7-24,27-28H2,2-5H3,(H,56,65)(H,57,66)(H,58,63)(H,59,64)(H4,52,53,60)(H4,54,55,61)/t31-,32-,35+,36+,40?,41+,42+,43+,44+,45+/m0/s1. The molecule has 0 aliphatic carbocycles. The highest BCUT2D eigenvalue weighted by Gasteiger charge is 2.50. The van der Waals surface area contributed by atoms with E-state index in [4.69, 9.17) is 95.7 Å². The molecule has 0 bridgehead atoms. The third-order valence-corrected chi connectivity index (χ3v) is 12.4. The summed E-state index contributed by atoms with van der Waals surface area (Å²) in [7, 11) is 2.22. The summed E-state index contributed by atoms with van der Waals surface area (Å²) >= 11 is 0. The Hall–Kier alpha value is -8.23. The number of terminal acetylenes is 1. The number of hydrogen-bond donors (Lipinski definition) is 8. The largest absolute Gasteiger partial charge is 0.508 e. The molecule has 0 aromatic rings. The molecule has 474 valence electrons. The van der Waals surface area contributed by atoms with Crippen molar-refractivity contribution in [3.8, 4) is 12.3 Å². The van der Waals surface area contributed by atoms with Crippen molar-refractivity contribution < 1.29 is 109 Å². The number of hydrogen-bond acceptors (Lipinski definition) is 25. The predicted octanol–water partition coefficient (Wildman–Crippen LogP) is -4.65. The van der Waals surface area contributed by atoms with E-state index in [1.807, 2.05) is 0 Å². The first kappa shape index (κ1) is 69.3. The number of carbonyl (C=O) groups excluding carboxylic acids is 9. The van der Waals surface area contributed by atoms with Crippen molar-refractivity contribution in [1.82, 2.24) is 26.2 Å². The average molecular weight is 1210 g/mol. The maximum Gasteiger partial charge on any atom is 0.508 e. The van der Waals surface area contributed by atoms with Gasteiger partial charge >= 0.3 is 24.2 Å². The topological polar surface area (TPSA) is 463 Å². The average Bonchev–Trinajstić information content (AvgIpc) is 4.10. The van der Waals surface area contributed by atoms with Gasteiger partial charge in [0.25, 0.3) is 0 Å². The van der Waals surface area contributed by atoms with E-state index in [9.17, 15) is 43.2 Å². The third-order valence-electron chi connectivity index (χ3n) is 12.4. The number of ether oxygens (including phenoxy) is 14. The summed E-state index contributed by atoms with van der Waals surface area (Å²) < 4.78 is 76.2. The molecule has 4 aliphatic heterocycles. The monoisotopic (exact) mass is 1210 g/mol. The molecular weight excluding hydrogens is 1130 g/mol. The van der Waals surface area contributed by atoms with Crippen LogP contribution in [-0.2, 0) is 99.9 Å². The molecule has 1 unspecified atom stereocenters. The molecule has 0 aromatic carbocycles. The van der Waals surface area contributed by atoms with Crippen LogP contribution in [0.4, 0.5) is 9.59 Å². The minimum atomic E-state index is -1.30. The first-order valence-electron chi connectivity index (χ1n) is 26.9. The van der Waals surface area contributed by atoms with Crippen molar-refractivity contribution in [2.24, 2.45) is 32.9 Å². The van der Waals surface area contributed by atoms with Gasteiger partial charge in [-0.25, -0.2) is 29.2 Å². The van der Waals surface area contributed by atoms with Gasteiger partial charge in [-0.05, 0) is 18.6 Å². The summed E-state index contributed by atoms with van der Waals surface area (Å²) in [6, 6.07) is -4.36. The summed E-state index contributed by atoms with van der Waals surface area (Å²) in [6.45, 7) is 2.92. The normalized spacial score (nSPS) is 22.0. The summed E-state index contributed by atoms with van der Waals surface area (Å²) in [4.78, 5) is 124. The lowest BCUT2D eigenvalue weighted by molar-refractivity contribution is -0.152. The molecular formula is C51H77N11O23. The zero-order valence-electron chi connectivity index (χ0n) is 47.7. The van der Waals surface area contributed by atoms with E-state index >= 15 is 0 Å². The molecule has 4 rings (SSSR count). The smallest absolute Gasteiger partial charge is 0.478 e. The zero-order valence-corrected chi connectivity index (χ0v) is 47.7. The molecule has 2 fully saturated rings. The second-order valence-corrected chi connectivity index (χ2v) is 18.6. The fraction of sp³-hybridized carbons (Fsp3) is 0.667. The molecule has 0 radical (unpaired) electrons. The van der Waals surface area contributed by atoms with Crippen LogP contribution in [0.25, 0.3) is 0 Å². The lowest BCUT2D eigenvalue weighted by Crippen LogP contribution is -2.60. The van der Waals surface area contributed by atoms with Crippen LogP contribution < -0.4 is 44.2 Å². The van der Waals surface area contributed by atoms with Crippen LogP contribution in [-0.4, -0.2) is 251 Å². The number of nitrogens with zero attached hydrogens (tertiary/aromatic N) is 3. The van der Waals surface area contributed by atoms with E-state index in [0.717, 1.165) is 14.2 Å². The number of methoxy groups -OCH3 is 2. The predicted molar refractivity (Wildman–Crippen MR) is 289 cm³/mol. The van der Waals surface area contributed by atoms with Crippen molar-refractivity contribution in [2.75, 3.05) is 120 Å². The van der Waals surface area contributed by atoms with Crippen molar-refractivity contribution in [3.05, 3.63) is 23.7 Å². The van der Waals surface area contributed by atoms with Gasteiger partial charge in [-0.3, -0.25) is 24.0 Å². The number of rotatable bonds is 38. The first-order valence-corrected chi connectivity index (χ1v) is 26.9. The molecule has 34 heteroatoms. The van der Waals surface area contributed by atoms with E-state index in [1.54, 1.807) is 0 Å².